The highest BCUT2D eigenvalue weighted by Crippen LogP contribution is 2.20. The van der Waals surface area contributed by atoms with E-state index in [9.17, 15) is 0 Å². The van der Waals surface area contributed by atoms with E-state index in [1.54, 1.807) is 0 Å². The average molecular weight is 293 g/mol. The lowest BCUT2D eigenvalue weighted by Gasteiger charge is -2.17. The van der Waals surface area contributed by atoms with E-state index in [0.29, 0.717) is 0 Å². The van der Waals surface area contributed by atoms with Gasteiger partial charge in [0, 0.05) is 39.3 Å². The van der Waals surface area contributed by atoms with Crippen molar-refractivity contribution in [1.82, 2.24) is 9.80 Å². The monoisotopic (exact) mass is 293 g/mol. The van der Waals surface area contributed by atoms with E-state index in [-0.39, 0.29) is 5.66 Å². The molecule has 4 nitrogen and oxygen atoms in total. The van der Waals surface area contributed by atoms with E-state index in [1.165, 1.54) is 32.2 Å². The Hall–Kier alpha value is -1.32. The summed E-state index contributed by atoms with van der Waals surface area (Å²) < 4.78 is 2.18. The average Bonchev–Trinajstić information content (AvgIpc) is 3.02. The van der Waals surface area contributed by atoms with Crippen molar-refractivity contribution in [2.75, 3.05) is 27.3 Å². The summed E-state index contributed by atoms with van der Waals surface area (Å²) in [5.41, 5.74) is 0.0516. The van der Waals surface area contributed by atoms with Crippen LogP contribution in [0.15, 0.2) is 17.4 Å². The molecule has 21 heavy (non-hydrogen) atoms. The Balaban J connectivity index is 0.000000211. The van der Waals surface area contributed by atoms with Gasteiger partial charge < -0.3 is 9.80 Å². The van der Waals surface area contributed by atoms with Crippen molar-refractivity contribution in [3.8, 4) is 0 Å². The standard InChI is InChI=1S/C9H17N2.C8H16N2/c1-4-5-6-9(2)10-7-8-11(9)3;1-3-4-5-10-7-6-9(2)8-10/h7-8H,4-6H2,1-3H3;6-7H,3-5,8H2,1-2H3/q+1;. The zero-order valence-corrected chi connectivity index (χ0v) is 14.5. The van der Waals surface area contributed by atoms with Crippen LogP contribution in [0.1, 0.15) is 52.9 Å². The van der Waals surface area contributed by atoms with E-state index >= 15 is 0 Å². The number of nitrogens with zero attached hydrogens (tertiary/aromatic N) is 4. The molecule has 0 aromatic rings. The Kier molecular flexibility index (Phi) is 7.48. The molecule has 0 aliphatic carbocycles. The lowest BCUT2D eigenvalue weighted by Crippen LogP contribution is -2.32. The Morgan fingerprint density at radius 3 is 2.38 bits per heavy atom. The fourth-order valence-electron chi connectivity index (χ4n) is 2.39. The highest BCUT2D eigenvalue weighted by Gasteiger charge is 2.33. The quantitative estimate of drug-likeness (QED) is 0.702. The summed E-state index contributed by atoms with van der Waals surface area (Å²) in [6, 6.07) is 0. The van der Waals surface area contributed by atoms with Crippen molar-refractivity contribution >= 4 is 12.4 Å². The molecule has 120 valence electrons. The first-order chi connectivity index (χ1) is 10.0. The van der Waals surface area contributed by atoms with Crippen LogP contribution < -0.4 is 0 Å². The smallest absolute Gasteiger partial charge is 0.252 e. The third-order valence-corrected chi connectivity index (χ3v) is 4.14. The number of hydrogen-bond acceptors (Lipinski definition) is 3. The molecule has 1 unspecified atom stereocenters. The molecule has 0 bridgehead atoms. The van der Waals surface area contributed by atoms with E-state index < -0.39 is 0 Å². The minimum atomic E-state index is 0.0516. The summed E-state index contributed by atoms with van der Waals surface area (Å²) in [5, 5.41) is 0. The maximum Gasteiger partial charge on any atom is 0.252 e. The van der Waals surface area contributed by atoms with Gasteiger partial charge in [-0.2, -0.15) is 0 Å². The summed E-state index contributed by atoms with van der Waals surface area (Å²) >= 11 is 0. The van der Waals surface area contributed by atoms with Crippen molar-refractivity contribution in [2.45, 2.75) is 58.5 Å². The Bertz CT molecular complexity index is 386. The molecule has 0 aromatic carbocycles. The van der Waals surface area contributed by atoms with Gasteiger partial charge in [-0.15, -0.1) is 0 Å². The van der Waals surface area contributed by atoms with Crippen molar-refractivity contribution in [3.05, 3.63) is 12.4 Å². The molecular weight excluding hydrogens is 260 g/mol. The number of hydrogen-bond donors (Lipinski definition) is 0. The van der Waals surface area contributed by atoms with Gasteiger partial charge in [0.2, 0.25) is 0 Å². The van der Waals surface area contributed by atoms with Crippen LogP contribution in [0.5, 0.6) is 0 Å². The van der Waals surface area contributed by atoms with Gasteiger partial charge in [0.1, 0.15) is 7.05 Å². The van der Waals surface area contributed by atoms with Gasteiger partial charge in [-0.25, -0.2) is 9.57 Å². The normalized spacial score (nSPS) is 23.4. The van der Waals surface area contributed by atoms with Crippen LogP contribution in [-0.4, -0.2) is 59.8 Å². The molecule has 0 radical (unpaired) electrons. The molecule has 0 N–H and O–H groups in total. The molecule has 2 aliphatic heterocycles. The molecule has 0 amide bonds. The maximum atomic E-state index is 4.43. The van der Waals surface area contributed by atoms with Gasteiger partial charge in [0.25, 0.3) is 5.66 Å². The maximum absolute atomic E-state index is 4.43. The summed E-state index contributed by atoms with van der Waals surface area (Å²) in [6.07, 6.45) is 14.5. The zero-order chi connectivity index (χ0) is 15.7. The fourth-order valence-corrected chi connectivity index (χ4v) is 2.39. The van der Waals surface area contributed by atoms with Crippen molar-refractivity contribution in [1.29, 1.82) is 0 Å². The molecule has 0 fully saturated rings. The molecule has 2 heterocycles. The second-order valence-electron chi connectivity index (χ2n) is 6.22. The molecule has 2 rings (SSSR count). The minimum absolute atomic E-state index is 0.0516. The first-order valence-electron chi connectivity index (χ1n) is 8.26. The molecule has 0 spiro atoms. The first kappa shape index (κ1) is 17.7. The summed E-state index contributed by atoms with van der Waals surface area (Å²) in [7, 11) is 4.19. The zero-order valence-electron chi connectivity index (χ0n) is 14.5. The molecular formula is C17H33N4+. The number of unbranched alkanes of at least 4 members (excludes halogenated alkanes) is 2. The van der Waals surface area contributed by atoms with E-state index in [1.807, 2.05) is 12.4 Å². The van der Waals surface area contributed by atoms with Crippen LogP contribution in [0, 0.1) is 0 Å². The third-order valence-electron chi connectivity index (χ3n) is 4.14. The first-order valence-corrected chi connectivity index (χ1v) is 8.26. The van der Waals surface area contributed by atoms with Gasteiger partial charge in [-0.05, 0) is 12.8 Å². The van der Waals surface area contributed by atoms with Crippen molar-refractivity contribution in [2.24, 2.45) is 4.99 Å². The summed E-state index contributed by atoms with van der Waals surface area (Å²) in [6.45, 7) is 8.90. The van der Waals surface area contributed by atoms with E-state index in [2.05, 4.69) is 66.6 Å². The van der Waals surface area contributed by atoms with Gasteiger partial charge in [-0.3, -0.25) is 0 Å². The van der Waals surface area contributed by atoms with E-state index in [4.69, 9.17) is 0 Å². The third kappa shape index (κ3) is 5.90. The molecule has 0 saturated heterocycles. The molecule has 4 heteroatoms. The van der Waals surface area contributed by atoms with Gasteiger partial charge in [-0.1, -0.05) is 26.7 Å². The second-order valence-corrected chi connectivity index (χ2v) is 6.22. The van der Waals surface area contributed by atoms with Gasteiger partial charge in [0.15, 0.2) is 6.21 Å². The minimum Gasteiger partial charge on any atom is -0.362 e. The topological polar surface area (TPSA) is 21.9 Å². The van der Waals surface area contributed by atoms with Gasteiger partial charge in [0.05, 0.1) is 12.9 Å². The molecule has 2 aliphatic rings. The van der Waals surface area contributed by atoms with Crippen molar-refractivity contribution in [3.63, 3.8) is 0 Å². The predicted octanol–water partition coefficient (Wildman–Crippen LogP) is 3.15. The Labute approximate surface area is 130 Å². The number of aliphatic imine (C=N–C) groups is 1. The predicted molar refractivity (Wildman–Crippen MR) is 92.1 cm³/mol. The van der Waals surface area contributed by atoms with Gasteiger partial charge >= 0.3 is 0 Å². The largest absolute Gasteiger partial charge is 0.362 e. The molecule has 1 atom stereocenters. The highest BCUT2D eigenvalue weighted by molar-refractivity contribution is 6.14. The van der Waals surface area contributed by atoms with Crippen LogP contribution in [-0.2, 0) is 0 Å². The Morgan fingerprint density at radius 2 is 1.90 bits per heavy atom. The fraction of sp³-hybridized carbons (Fsp3) is 0.765. The lowest BCUT2D eigenvalue weighted by molar-refractivity contribution is -0.570. The molecule has 0 saturated carbocycles. The van der Waals surface area contributed by atoms with Crippen LogP contribution in [0.25, 0.3) is 0 Å². The van der Waals surface area contributed by atoms with Crippen LogP contribution in [0.3, 0.4) is 0 Å². The highest BCUT2D eigenvalue weighted by atomic mass is 15.3. The number of rotatable bonds is 6. The second kappa shape index (κ2) is 8.85. The van der Waals surface area contributed by atoms with Crippen LogP contribution >= 0.6 is 0 Å². The van der Waals surface area contributed by atoms with Crippen LogP contribution in [0.2, 0.25) is 0 Å². The van der Waals surface area contributed by atoms with Crippen LogP contribution in [0.4, 0.5) is 0 Å². The molecule has 0 aromatic heterocycles. The van der Waals surface area contributed by atoms with Crippen molar-refractivity contribution < 1.29 is 4.58 Å². The summed E-state index contributed by atoms with van der Waals surface area (Å²) in [4.78, 5) is 8.96. The van der Waals surface area contributed by atoms with E-state index in [0.717, 1.165) is 13.1 Å². The SMILES string of the molecule is CCCCC1(C)N=CC=[N+]1C.CCCCN1C=CN(C)C1. The Morgan fingerprint density at radius 1 is 1.19 bits per heavy atom. The lowest BCUT2D eigenvalue weighted by atomic mass is 10.1. The summed E-state index contributed by atoms with van der Waals surface area (Å²) in [5.74, 6) is 0.